The topological polar surface area (TPSA) is 73.2 Å². The SMILES string of the molecule is C[C@@H]1CC[C@@H](CS(=O)(=O)NC[C@@H]2C[C@H]2c2cnn(C)c2)OC1. The van der Waals surface area contributed by atoms with E-state index in [-0.39, 0.29) is 11.9 Å². The molecule has 1 N–H and O–H groups in total. The van der Waals surface area contributed by atoms with Crippen molar-refractivity contribution < 1.29 is 13.2 Å². The van der Waals surface area contributed by atoms with Gasteiger partial charge in [0.1, 0.15) is 0 Å². The van der Waals surface area contributed by atoms with Gasteiger partial charge in [-0.3, -0.25) is 4.68 Å². The molecule has 7 heteroatoms. The molecule has 1 saturated carbocycles. The summed E-state index contributed by atoms with van der Waals surface area (Å²) >= 11 is 0. The van der Waals surface area contributed by atoms with Gasteiger partial charge in [-0.2, -0.15) is 5.10 Å². The Morgan fingerprint density at radius 1 is 1.45 bits per heavy atom. The van der Waals surface area contributed by atoms with Crippen LogP contribution in [0.25, 0.3) is 0 Å². The lowest BCUT2D eigenvalue weighted by molar-refractivity contribution is 0.00203. The van der Waals surface area contributed by atoms with E-state index in [0.29, 0.717) is 30.9 Å². The molecule has 3 rings (SSSR count). The number of hydrogen-bond acceptors (Lipinski definition) is 4. The average molecular weight is 327 g/mol. The third-order valence-corrected chi connectivity index (χ3v) is 6.06. The third kappa shape index (κ3) is 4.08. The predicted octanol–water partition coefficient (Wildman–Crippen LogP) is 1.26. The van der Waals surface area contributed by atoms with Crippen molar-refractivity contribution in [2.45, 2.75) is 38.2 Å². The lowest BCUT2D eigenvalue weighted by Gasteiger charge is -2.26. The Hall–Kier alpha value is -0.920. The summed E-state index contributed by atoms with van der Waals surface area (Å²) in [6, 6.07) is 0. The van der Waals surface area contributed by atoms with Crippen molar-refractivity contribution in [2.24, 2.45) is 18.9 Å². The van der Waals surface area contributed by atoms with Crippen LogP contribution in [0.2, 0.25) is 0 Å². The van der Waals surface area contributed by atoms with E-state index < -0.39 is 10.0 Å². The van der Waals surface area contributed by atoms with E-state index >= 15 is 0 Å². The molecule has 0 radical (unpaired) electrons. The van der Waals surface area contributed by atoms with Gasteiger partial charge < -0.3 is 4.74 Å². The Morgan fingerprint density at radius 2 is 2.27 bits per heavy atom. The van der Waals surface area contributed by atoms with Crippen molar-refractivity contribution in [2.75, 3.05) is 18.9 Å². The van der Waals surface area contributed by atoms with E-state index in [1.54, 1.807) is 4.68 Å². The summed E-state index contributed by atoms with van der Waals surface area (Å²) in [7, 11) is -1.35. The van der Waals surface area contributed by atoms with Gasteiger partial charge in [0.2, 0.25) is 10.0 Å². The molecular formula is C15H25N3O3S. The van der Waals surface area contributed by atoms with Crippen LogP contribution in [0.1, 0.15) is 37.7 Å². The minimum absolute atomic E-state index is 0.0873. The average Bonchev–Trinajstić information content (AvgIpc) is 3.12. The first-order chi connectivity index (χ1) is 10.4. The first kappa shape index (κ1) is 16.0. The van der Waals surface area contributed by atoms with Crippen LogP contribution in [0.5, 0.6) is 0 Å². The number of ether oxygens (including phenoxy) is 1. The summed E-state index contributed by atoms with van der Waals surface area (Å²) in [6.45, 7) is 3.32. The summed E-state index contributed by atoms with van der Waals surface area (Å²) in [4.78, 5) is 0. The largest absolute Gasteiger partial charge is 0.377 e. The first-order valence-electron chi connectivity index (χ1n) is 8.00. The number of aryl methyl sites for hydroxylation is 1. The van der Waals surface area contributed by atoms with Gasteiger partial charge in [0, 0.05) is 26.4 Å². The van der Waals surface area contributed by atoms with E-state index in [4.69, 9.17) is 4.74 Å². The fourth-order valence-corrected chi connectivity index (χ4v) is 4.46. The van der Waals surface area contributed by atoms with Crippen LogP contribution < -0.4 is 4.72 Å². The Balaban J connectivity index is 1.43. The van der Waals surface area contributed by atoms with Crippen molar-refractivity contribution in [3.05, 3.63) is 18.0 Å². The molecule has 1 saturated heterocycles. The number of nitrogens with zero attached hydrogens (tertiary/aromatic N) is 2. The second kappa shape index (κ2) is 6.29. The second-order valence-electron chi connectivity index (χ2n) is 6.82. The van der Waals surface area contributed by atoms with Crippen LogP contribution in [-0.4, -0.2) is 43.2 Å². The van der Waals surface area contributed by atoms with E-state index in [9.17, 15) is 8.42 Å². The Labute approximate surface area is 132 Å². The standard InChI is InChI=1S/C15H25N3O3S/c1-11-3-4-14(21-9-11)10-22(19,20)17-7-12-5-15(12)13-6-16-18(2)8-13/h6,8,11-12,14-15,17H,3-5,7,9-10H2,1-2H3/t11-,12+,14+,15-/m1/s1. The Morgan fingerprint density at radius 3 is 2.91 bits per heavy atom. The number of rotatable bonds is 6. The van der Waals surface area contributed by atoms with E-state index in [1.807, 2.05) is 19.4 Å². The molecule has 0 aromatic carbocycles. The molecule has 2 heterocycles. The van der Waals surface area contributed by atoms with Crippen LogP contribution in [0, 0.1) is 11.8 Å². The molecule has 0 unspecified atom stereocenters. The maximum Gasteiger partial charge on any atom is 0.214 e. The molecular weight excluding hydrogens is 302 g/mol. The molecule has 2 aliphatic rings. The monoisotopic (exact) mass is 327 g/mol. The summed E-state index contributed by atoms with van der Waals surface area (Å²) in [5, 5.41) is 4.17. The highest BCUT2D eigenvalue weighted by Crippen LogP contribution is 2.46. The molecule has 124 valence electrons. The highest BCUT2D eigenvalue weighted by atomic mass is 32.2. The molecule has 0 bridgehead atoms. The highest BCUT2D eigenvalue weighted by molar-refractivity contribution is 7.89. The maximum atomic E-state index is 12.2. The van der Waals surface area contributed by atoms with Gasteiger partial charge in [0.15, 0.2) is 0 Å². The first-order valence-corrected chi connectivity index (χ1v) is 9.65. The molecule has 2 fully saturated rings. The number of sulfonamides is 1. The lowest BCUT2D eigenvalue weighted by atomic mass is 10.0. The van der Waals surface area contributed by atoms with Gasteiger partial charge in [0.25, 0.3) is 0 Å². The molecule has 1 aromatic heterocycles. The van der Waals surface area contributed by atoms with Crippen molar-refractivity contribution in [3.63, 3.8) is 0 Å². The summed E-state index contributed by atoms with van der Waals surface area (Å²) in [6.07, 6.45) is 6.65. The Bertz CT molecular complexity index is 605. The molecule has 1 aliphatic heterocycles. The van der Waals surface area contributed by atoms with Crippen LogP contribution in [-0.2, 0) is 21.8 Å². The maximum absolute atomic E-state index is 12.2. The smallest absolute Gasteiger partial charge is 0.214 e. The molecule has 6 nitrogen and oxygen atoms in total. The fourth-order valence-electron chi connectivity index (χ4n) is 3.12. The zero-order valence-corrected chi connectivity index (χ0v) is 14.1. The minimum atomic E-state index is -3.25. The zero-order chi connectivity index (χ0) is 15.7. The number of hydrogen-bond donors (Lipinski definition) is 1. The number of nitrogens with one attached hydrogen (secondary N) is 1. The van der Waals surface area contributed by atoms with Crippen molar-refractivity contribution in [1.29, 1.82) is 0 Å². The summed E-state index contributed by atoms with van der Waals surface area (Å²) in [5.74, 6) is 1.47. The van der Waals surface area contributed by atoms with Crippen LogP contribution in [0.3, 0.4) is 0 Å². The van der Waals surface area contributed by atoms with Gasteiger partial charge in [-0.05, 0) is 42.6 Å². The fraction of sp³-hybridized carbons (Fsp3) is 0.800. The van der Waals surface area contributed by atoms with Gasteiger partial charge in [0.05, 0.1) is 18.1 Å². The van der Waals surface area contributed by atoms with E-state index in [0.717, 1.165) is 19.3 Å². The summed E-state index contributed by atoms with van der Waals surface area (Å²) in [5.41, 5.74) is 1.20. The Kier molecular flexibility index (Phi) is 4.56. The van der Waals surface area contributed by atoms with Gasteiger partial charge in [-0.25, -0.2) is 13.1 Å². The van der Waals surface area contributed by atoms with Crippen molar-refractivity contribution in [3.8, 4) is 0 Å². The van der Waals surface area contributed by atoms with E-state index in [1.165, 1.54) is 5.56 Å². The van der Waals surface area contributed by atoms with Crippen LogP contribution >= 0.6 is 0 Å². The second-order valence-corrected chi connectivity index (χ2v) is 8.67. The molecule has 1 aromatic rings. The molecule has 4 atom stereocenters. The number of aromatic nitrogens is 2. The molecule has 0 spiro atoms. The van der Waals surface area contributed by atoms with Gasteiger partial charge >= 0.3 is 0 Å². The summed E-state index contributed by atoms with van der Waals surface area (Å²) < 4.78 is 34.5. The van der Waals surface area contributed by atoms with Gasteiger partial charge in [-0.15, -0.1) is 0 Å². The van der Waals surface area contributed by atoms with Crippen molar-refractivity contribution >= 4 is 10.0 Å². The minimum Gasteiger partial charge on any atom is -0.377 e. The molecule has 0 amide bonds. The quantitative estimate of drug-likeness (QED) is 0.854. The molecule has 22 heavy (non-hydrogen) atoms. The molecule has 1 aliphatic carbocycles. The normalized spacial score (nSPS) is 32.1. The van der Waals surface area contributed by atoms with E-state index in [2.05, 4.69) is 16.7 Å². The van der Waals surface area contributed by atoms with Crippen LogP contribution in [0.4, 0.5) is 0 Å². The lowest BCUT2D eigenvalue weighted by Crippen LogP contribution is -2.37. The van der Waals surface area contributed by atoms with Gasteiger partial charge in [-0.1, -0.05) is 6.92 Å². The zero-order valence-electron chi connectivity index (χ0n) is 13.2. The third-order valence-electron chi connectivity index (χ3n) is 4.64. The van der Waals surface area contributed by atoms with Crippen LogP contribution in [0.15, 0.2) is 12.4 Å². The predicted molar refractivity (Wildman–Crippen MR) is 84.0 cm³/mol. The highest BCUT2D eigenvalue weighted by Gasteiger charge is 2.39. The van der Waals surface area contributed by atoms with Crippen molar-refractivity contribution in [1.82, 2.24) is 14.5 Å².